The van der Waals surface area contributed by atoms with Crippen LogP contribution in [0.5, 0.6) is 0 Å². The Kier molecular flexibility index (Phi) is 5.76. The number of anilines is 2. The van der Waals surface area contributed by atoms with Gasteiger partial charge in [-0.15, -0.1) is 0 Å². The van der Waals surface area contributed by atoms with Gasteiger partial charge in [0.25, 0.3) is 15.7 Å². The summed E-state index contributed by atoms with van der Waals surface area (Å²) in [4.78, 5) is 27.6. The fraction of sp³-hybridized carbons (Fsp3) is 0.217. The van der Waals surface area contributed by atoms with E-state index in [1.807, 2.05) is 0 Å². The Morgan fingerprint density at radius 2 is 1.65 bits per heavy atom. The molecule has 0 fully saturated rings. The summed E-state index contributed by atoms with van der Waals surface area (Å²) < 4.78 is 67.0. The number of benzene rings is 2. The van der Waals surface area contributed by atoms with E-state index in [0.29, 0.717) is 22.5 Å². The molecule has 0 bridgehead atoms. The van der Waals surface area contributed by atoms with Gasteiger partial charge in [0.05, 0.1) is 28.6 Å². The number of furan rings is 1. The normalized spacial score (nSPS) is 16.3. The summed E-state index contributed by atoms with van der Waals surface area (Å²) in [5.74, 6) is -0.514. The number of hydrogen-bond donors (Lipinski definition) is 0. The zero-order valence-electron chi connectivity index (χ0n) is 18.0. The minimum absolute atomic E-state index is 0.113. The number of alkyl halides is 3. The molecular formula is C23H19F3N2O5S. The molecule has 0 aliphatic carbocycles. The van der Waals surface area contributed by atoms with Gasteiger partial charge in [0.1, 0.15) is 0 Å². The number of carbonyl (C=O) groups excluding carboxylic acids is 2. The van der Waals surface area contributed by atoms with Crippen molar-refractivity contribution < 1.29 is 35.6 Å². The molecule has 3 aromatic rings. The average Bonchev–Trinajstić information content (AvgIpc) is 3.32. The first-order valence-corrected chi connectivity index (χ1v) is 11.6. The summed E-state index contributed by atoms with van der Waals surface area (Å²) in [7, 11) is -5.47. The van der Waals surface area contributed by atoms with Crippen LogP contribution in [0.15, 0.2) is 70.2 Å². The van der Waals surface area contributed by atoms with Crippen molar-refractivity contribution in [2.75, 3.05) is 16.3 Å². The average molecular weight is 492 g/mol. The lowest BCUT2D eigenvalue weighted by Crippen LogP contribution is -2.51. The number of sulfone groups is 1. The molecule has 11 heteroatoms. The molecule has 2 heterocycles. The minimum atomic E-state index is -5.47. The highest BCUT2D eigenvalue weighted by atomic mass is 32.2. The molecule has 0 saturated carbocycles. The van der Waals surface area contributed by atoms with Crippen LogP contribution in [0.25, 0.3) is 11.1 Å². The third kappa shape index (κ3) is 3.96. The summed E-state index contributed by atoms with van der Waals surface area (Å²) in [6.07, 6.45) is 1.37. The molecule has 0 unspecified atom stereocenters. The largest absolute Gasteiger partial charge is 0.501 e. The van der Waals surface area contributed by atoms with Gasteiger partial charge in [0.15, 0.2) is 5.76 Å². The van der Waals surface area contributed by atoms with Crippen LogP contribution in [-0.2, 0) is 14.6 Å². The Hall–Kier alpha value is -3.60. The highest BCUT2D eigenvalue weighted by Gasteiger charge is 2.46. The van der Waals surface area contributed by atoms with E-state index in [4.69, 9.17) is 4.42 Å². The lowest BCUT2D eigenvalue weighted by Gasteiger charge is -2.40. The summed E-state index contributed by atoms with van der Waals surface area (Å²) in [5.41, 5.74) is -3.54. The van der Waals surface area contributed by atoms with Crippen molar-refractivity contribution in [1.82, 2.24) is 0 Å². The molecule has 0 N–H and O–H groups in total. The molecule has 1 aliphatic rings. The van der Waals surface area contributed by atoms with Crippen LogP contribution < -0.4 is 9.80 Å². The van der Waals surface area contributed by atoms with Gasteiger partial charge in [-0.1, -0.05) is 18.2 Å². The van der Waals surface area contributed by atoms with Crippen LogP contribution in [-0.4, -0.2) is 38.3 Å². The van der Waals surface area contributed by atoms with Gasteiger partial charge in [-0.2, -0.15) is 13.2 Å². The van der Waals surface area contributed by atoms with E-state index < -0.39 is 26.1 Å². The van der Waals surface area contributed by atoms with Crippen LogP contribution >= 0.6 is 0 Å². The Balaban J connectivity index is 1.78. The fourth-order valence-electron chi connectivity index (χ4n) is 3.97. The summed E-state index contributed by atoms with van der Waals surface area (Å²) in [5, 5.41) is 0. The quantitative estimate of drug-likeness (QED) is 0.532. The first-order valence-electron chi connectivity index (χ1n) is 10.1. The third-order valence-corrected chi connectivity index (χ3v) is 7.03. The van der Waals surface area contributed by atoms with Gasteiger partial charge in [0, 0.05) is 13.5 Å². The zero-order valence-corrected chi connectivity index (χ0v) is 18.9. The number of halogens is 3. The molecular weight excluding hydrogens is 473 g/mol. The van der Waals surface area contributed by atoms with Gasteiger partial charge in [-0.25, -0.2) is 8.42 Å². The number of fused-ring (bicyclic) bond motifs is 1. The summed E-state index contributed by atoms with van der Waals surface area (Å²) >= 11 is 0. The Morgan fingerprint density at radius 1 is 1.00 bits per heavy atom. The number of amides is 2. The topological polar surface area (TPSA) is 87.9 Å². The number of hydrogen-bond acceptors (Lipinski definition) is 5. The second-order valence-electron chi connectivity index (χ2n) is 7.81. The second-order valence-corrected chi connectivity index (χ2v) is 9.75. The van der Waals surface area contributed by atoms with Crippen molar-refractivity contribution in [3.63, 3.8) is 0 Å². The van der Waals surface area contributed by atoms with Gasteiger partial charge in [0.2, 0.25) is 5.91 Å². The lowest BCUT2D eigenvalue weighted by atomic mass is 10.0. The number of carbonyl (C=O) groups is 2. The van der Waals surface area contributed by atoms with Crippen LogP contribution in [0.2, 0.25) is 0 Å². The Labute approximate surface area is 193 Å². The predicted octanol–water partition coefficient (Wildman–Crippen LogP) is 4.64. The smallest absolute Gasteiger partial charge is 0.459 e. The molecule has 34 heavy (non-hydrogen) atoms. The van der Waals surface area contributed by atoms with Crippen molar-refractivity contribution in [3.8, 4) is 11.1 Å². The first-order chi connectivity index (χ1) is 15.9. The Bertz CT molecular complexity index is 1350. The molecule has 1 aliphatic heterocycles. The molecule has 0 spiro atoms. The molecule has 0 saturated heterocycles. The lowest BCUT2D eigenvalue weighted by molar-refractivity contribution is -0.117. The molecule has 4 rings (SSSR count). The van der Waals surface area contributed by atoms with Gasteiger partial charge in [-0.3, -0.25) is 9.59 Å². The highest BCUT2D eigenvalue weighted by molar-refractivity contribution is 7.92. The standard InChI is InChI=1S/C23H19F3N2O5S/c1-14-13-27(22(30)21-4-3-11-33-21)20-12-17(7-10-19(20)28(14)15(2)29)16-5-8-18(9-6-16)34(31,32)23(24,25)26/h3-12,14H,13H2,1-2H3/t14-/m0/s1. The maximum Gasteiger partial charge on any atom is 0.501 e. The maximum absolute atomic E-state index is 13.1. The summed E-state index contributed by atoms with van der Waals surface area (Å²) in [6.45, 7) is 3.41. The van der Waals surface area contributed by atoms with Crippen LogP contribution in [0.3, 0.4) is 0 Å². The maximum atomic E-state index is 13.1. The predicted molar refractivity (Wildman–Crippen MR) is 118 cm³/mol. The van der Waals surface area contributed by atoms with E-state index in [2.05, 4.69) is 0 Å². The van der Waals surface area contributed by atoms with Gasteiger partial charge in [-0.05, 0) is 54.4 Å². The summed E-state index contributed by atoms with van der Waals surface area (Å²) in [6, 6.07) is 12.0. The molecule has 0 radical (unpaired) electrons. The van der Waals surface area contributed by atoms with Crippen LogP contribution in [0, 0.1) is 0 Å². The first kappa shape index (κ1) is 23.6. The van der Waals surface area contributed by atoms with E-state index in [-0.39, 0.29) is 24.3 Å². The molecule has 1 atom stereocenters. The van der Waals surface area contributed by atoms with E-state index in [1.54, 1.807) is 36.1 Å². The number of rotatable bonds is 3. The van der Waals surface area contributed by atoms with E-state index in [9.17, 15) is 31.2 Å². The van der Waals surface area contributed by atoms with Crippen molar-refractivity contribution in [2.45, 2.75) is 30.3 Å². The molecule has 1 aromatic heterocycles. The second kappa shape index (κ2) is 8.32. The van der Waals surface area contributed by atoms with Crippen molar-refractivity contribution >= 4 is 33.0 Å². The van der Waals surface area contributed by atoms with Crippen molar-refractivity contribution in [1.29, 1.82) is 0 Å². The van der Waals surface area contributed by atoms with Crippen LogP contribution in [0.1, 0.15) is 24.4 Å². The highest BCUT2D eigenvalue weighted by Crippen LogP contribution is 2.40. The number of nitrogens with zero attached hydrogens (tertiary/aromatic N) is 2. The zero-order chi connectivity index (χ0) is 24.8. The molecule has 178 valence electrons. The minimum Gasteiger partial charge on any atom is -0.459 e. The fourth-order valence-corrected chi connectivity index (χ4v) is 4.73. The van der Waals surface area contributed by atoms with Crippen LogP contribution in [0.4, 0.5) is 24.5 Å². The monoisotopic (exact) mass is 492 g/mol. The van der Waals surface area contributed by atoms with Gasteiger partial charge < -0.3 is 14.2 Å². The molecule has 2 amide bonds. The Morgan fingerprint density at radius 3 is 2.21 bits per heavy atom. The van der Waals surface area contributed by atoms with E-state index in [1.165, 1.54) is 36.3 Å². The molecule has 2 aromatic carbocycles. The third-order valence-electron chi connectivity index (χ3n) is 5.53. The van der Waals surface area contributed by atoms with Crippen molar-refractivity contribution in [2.24, 2.45) is 0 Å². The molecule has 7 nitrogen and oxygen atoms in total. The van der Waals surface area contributed by atoms with E-state index >= 15 is 0 Å². The SMILES string of the molecule is CC(=O)N1c2ccc(-c3ccc(S(=O)(=O)C(F)(F)F)cc3)cc2N(C(=O)c2ccco2)C[C@@H]1C. The van der Waals surface area contributed by atoms with Crippen molar-refractivity contribution in [3.05, 3.63) is 66.6 Å². The van der Waals surface area contributed by atoms with E-state index in [0.717, 1.165) is 12.1 Å². The van der Waals surface area contributed by atoms with Gasteiger partial charge >= 0.3 is 5.51 Å².